The number of piperazine rings is 1. The first kappa shape index (κ1) is 22.5. The molecule has 34 heavy (non-hydrogen) atoms. The van der Waals surface area contributed by atoms with Gasteiger partial charge in [-0.05, 0) is 42.7 Å². The van der Waals surface area contributed by atoms with E-state index in [2.05, 4.69) is 30.1 Å². The number of aromatic amines is 1. The van der Waals surface area contributed by atoms with Crippen molar-refractivity contribution in [3.63, 3.8) is 0 Å². The normalized spacial score (nSPS) is 19.0. The first-order chi connectivity index (χ1) is 16.6. The maximum atomic E-state index is 12.4. The van der Waals surface area contributed by atoms with Crippen LogP contribution < -0.4 is 15.8 Å². The molecule has 2 fully saturated rings. The average molecular weight is 463 g/mol. The molecule has 0 radical (unpaired) electrons. The summed E-state index contributed by atoms with van der Waals surface area (Å²) in [5.74, 6) is -0.150. The average Bonchev–Trinajstić information content (AvgIpc) is 3.37. The highest BCUT2D eigenvalue weighted by Gasteiger charge is 2.21. The van der Waals surface area contributed by atoms with E-state index in [0.717, 1.165) is 67.0 Å². The molecular weight excluding hydrogens is 432 g/mol. The minimum Gasteiger partial charge on any atom is -0.379 e. The molecule has 9 nitrogen and oxygen atoms in total. The summed E-state index contributed by atoms with van der Waals surface area (Å²) in [6.45, 7) is 7.60. The molecule has 0 aliphatic carbocycles. The van der Waals surface area contributed by atoms with Gasteiger partial charge in [-0.15, -0.1) is 0 Å². The molecule has 9 heteroatoms. The summed E-state index contributed by atoms with van der Waals surface area (Å²) in [7, 11) is 0. The van der Waals surface area contributed by atoms with Crippen molar-refractivity contribution in [3.05, 3.63) is 63.8 Å². The molecule has 0 saturated carbocycles. The summed E-state index contributed by atoms with van der Waals surface area (Å²) in [5, 5.41) is 2.97. The van der Waals surface area contributed by atoms with Crippen LogP contribution in [0, 0.1) is 0 Å². The number of aryl methyl sites for hydroxylation is 1. The molecule has 1 unspecified atom stereocenters. The van der Waals surface area contributed by atoms with Crippen LogP contribution in [0.5, 0.6) is 0 Å². The number of amides is 1. The zero-order chi connectivity index (χ0) is 23.5. The molecule has 0 aromatic carbocycles. The van der Waals surface area contributed by atoms with E-state index in [1.165, 1.54) is 0 Å². The number of ether oxygens (including phenoxy) is 1. The minimum atomic E-state index is -0.150. The standard InChI is InChI=1S/C25H30N6O3/c1-2-18-12-22-23(29-24(18)32)11-17(13-26-22)15-30-6-8-31(9-7-30)20-3-4-21(27-14-20)25(33)28-19-5-10-34-16-19/h3-4,11-14,19H,2,5-10,15-16H2,1H3,(H,28,33)(H,29,32). The van der Waals surface area contributed by atoms with Crippen molar-refractivity contribution in [2.45, 2.75) is 32.4 Å². The van der Waals surface area contributed by atoms with Crippen molar-refractivity contribution in [2.24, 2.45) is 0 Å². The van der Waals surface area contributed by atoms with Crippen LogP contribution >= 0.6 is 0 Å². The molecule has 1 amide bonds. The van der Waals surface area contributed by atoms with E-state index in [1.54, 1.807) is 12.3 Å². The molecule has 0 spiro atoms. The van der Waals surface area contributed by atoms with Crippen molar-refractivity contribution in [3.8, 4) is 0 Å². The Morgan fingerprint density at radius 3 is 2.74 bits per heavy atom. The maximum absolute atomic E-state index is 12.4. The van der Waals surface area contributed by atoms with E-state index in [1.807, 2.05) is 31.3 Å². The van der Waals surface area contributed by atoms with Gasteiger partial charge in [-0.25, -0.2) is 4.98 Å². The number of carbonyl (C=O) groups excluding carboxylic acids is 1. The van der Waals surface area contributed by atoms with E-state index in [4.69, 9.17) is 4.74 Å². The number of nitrogens with zero attached hydrogens (tertiary/aromatic N) is 4. The van der Waals surface area contributed by atoms with Gasteiger partial charge < -0.3 is 19.9 Å². The molecule has 2 aliphatic heterocycles. The number of hydrogen-bond donors (Lipinski definition) is 2. The number of rotatable bonds is 6. The predicted molar refractivity (Wildman–Crippen MR) is 130 cm³/mol. The molecule has 3 aromatic rings. The van der Waals surface area contributed by atoms with E-state index < -0.39 is 0 Å². The van der Waals surface area contributed by atoms with E-state index in [0.29, 0.717) is 25.3 Å². The van der Waals surface area contributed by atoms with Gasteiger partial charge in [0.2, 0.25) is 0 Å². The second-order valence-corrected chi connectivity index (χ2v) is 8.95. The summed E-state index contributed by atoms with van der Waals surface area (Å²) < 4.78 is 5.31. The molecule has 2 saturated heterocycles. The highest BCUT2D eigenvalue weighted by atomic mass is 16.5. The number of nitrogens with one attached hydrogen (secondary N) is 2. The fraction of sp³-hybridized carbons (Fsp3) is 0.440. The van der Waals surface area contributed by atoms with Gasteiger partial charge in [0, 0.05) is 51.1 Å². The summed E-state index contributed by atoms with van der Waals surface area (Å²) in [5.41, 5.74) is 4.88. The third-order valence-electron chi connectivity index (χ3n) is 6.60. The van der Waals surface area contributed by atoms with Gasteiger partial charge in [0.15, 0.2) is 0 Å². The Bertz CT molecular complexity index is 1210. The third kappa shape index (κ3) is 4.95. The second-order valence-electron chi connectivity index (χ2n) is 8.95. The molecule has 3 aromatic heterocycles. The Morgan fingerprint density at radius 2 is 2.03 bits per heavy atom. The first-order valence-electron chi connectivity index (χ1n) is 11.9. The fourth-order valence-corrected chi connectivity index (χ4v) is 4.55. The van der Waals surface area contributed by atoms with Gasteiger partial charge in [-0.3, -0.25) is 19.5 Å². The predicted octanol–water partition coefficient (Wildman–Crippen LogP) is 1.72. The van der Waals surface area contributed by atoms with Crippen LogP contribution in [0.15, 0.2) is 41.5 Å². The lowest BCUT2D eigenvalue weighted by Gasteiger charge is -2.36. The number of anilines is 1. The molecule has 5 heterocycles. The van der Waals surface area contributed by atoms with Gasteiger partial charge in [0.25, 0.3) is 11.5 Å². The van der Waals surface area contributed by atoms with Gasteiger partial charge >= 0.3 is 0 Å². The van der Waals surface area contributed by atoms with Gasteiger partial charge in [-0.1, -0.05) is 6.92 Å². The molecule has 2 aliphatic rings. The molecular formula is C25H30N6O3. The Morgan fingerprint density at radius 1 is 1.18 bits per heavy atom. The highest BCUT2D eigenvalue weighted by molar-refractivity contribution is 5.92. The quantitative estimate of drug-likeness (QED) is 0.575. The topological polar surface area (TPSA) is 103 Å². The number of pyridine rings is 3. The van der Waals surface area contributed by atoms with Crippen LogP contribution in [0.25, 0.3) is 11.0 Å². The summed E-state index contributed by atoms with van der Waals surface area (Å²) in [6, 6.07) is 7.74. The Balaban J connectivity index is 1.16. The fourth-order valence-electron chi connectivity index (χ4n) is 4.55. The Hall–Kier alpha value is -3.30. The number of H-pyrrole nitrogens is 1. The van der Waals surface area contributed by atoms with Crippen LogP contribution in [0.2, 0.25) is 0 Å². The van der Waals surface area contributed by atoms with E-state index >= 15 is 0 Å². The first-order valence-corrected chi connectivity index (χ1v) is 11.9. The largest absolute Gasteiger partial charge is 0.379 e. The molecule has 2 N–H and O–H groups in total. The summed E-state index contributed by atoms with van der Waals surface area (Å²) >= 11 is 0. The SMILES string of the molecule is CCc1cc2ncc(CN3CCN(c4ccc(C(=O)NC5CCOC5)nc4)CC3)cc2[nH]c1=O. The van der Waals surface area contributed by atoms with E-state index in [9.17, 15) is 9.59 Å². The van der Waals surface area contributed by atoms with E-state index in [-0.39, 0.29) is 17.5 Å². The van der Waals surface area contributed by atoms with Gasteiger partial charge in [0.05, 0.1) is 35.6 Å². The summed E-state index contributed by atoms with van der Waals surface area (Å²) in [4.78, 5) is 41.1. The molecule has 1 atom stereocenters. The lowest BCUT2D eigenvalue weighted by atomic mass is 10.1. The van der Waals surface area contributed by atoms with Crippen LogP contribution in [0.3, 0.4) is 0 Å². The van der Waals surface area contributed by atoms with Crippen molar-refractivity contribution in [2.75, 3.05) is 44.3 Å². The van der Waals surface area contributed by atoms with Gasteiger partial charge in [-0.2, -0.15) is 0 Å². The Labute approximate surface area is 198 Å². The third-order valence-corrected chi connectivity index (χ3v) is 6.60. The maximum Gasteiger partial charge on any atom is 0.270 e. The lowest BCUT2D eigenvalue weighted by molar-refractivity contribution is 0.0925. The van der Waals surface area contributed by atoms with Crippen LogP contribution in [-0.4, -0.2) is 71.2 Å². The number of fused-ring (bicyclic) bond motifs is 1. The summed E-state index contributed by atoms with van der Waals surface area (Å²) in [6.07, 6.45) is 5.23. The van der Waals surface area contributed by atoms with Crippen molar-refractivity contribution in [1.29, 1.82) is 0 Å². The zero-order valence-electron chi connectivity index (χ0n) is 19.4. The minimum absolute atomic E-state index is 0.0350. The number of hydrogen-bond acceptors (Lipinski definition) is 7. The molecule has 178 valence electrons. The Kier molecular flexibility index (Phi) is 6.55. The zero-order valence-corrected chi connectivity index (χ0v) is 19.4. The highest BCUT2D eigenvalue weighted by Crippen LogP contribution is 2.18. The molecule has 0 bridgehead atoms. The van der Waals surface area contributed by atoms with Crippen LogP contribution in [-0.2, 0) is 17.7 Å². The van der Waals surface area contributed by atoms with Crippen molar-refractivity contribution >= 4 is 22.6 Å². The number of carbonyl (C=O) groups is 1. The monoisotopic (exact) mass is 462 g/mol. The van der Waals surface area contributed by atoms with Crippen LogP contribution in [0.4, 0.5) is 5.69 Å². The number of aromatic nitrogens is 3. The van der Waals surface area contributed by atoms with Gasteiger partial charge in [0.1, 0.15) is 5.69 Å². The lowest BCUT2D eigenvalue weighted by Crippen LogP contribution is -2.46. The van der Waals surface area contributed by atoms with Crippen molar-refractivity contribution in [1.82, 2.24) is 25.2 Å². The second kappa shape index (κ2) is 9.90. The van der Waals surface area contributed by atoms with Crippen LogP contribution in [0.1, 0.15) is 35.0 Å². The van der Waals surface area contributed by atoms with Crippen molar-refractivity contribution < 1.29 is 9.53 Å². The molecule has 5 rings (SSSR count). The smallest absolute Gasteiger partial charge is 0.270 e.